The molecule has 0 unspecified atom stereocenters. The zero-order valence-electron chi connectivity index (χ0n) is 11.1. The minimum Gasteiger partial charge on any atom is -0.334 e. The smallest absolute Gasteiger partial charge is 0.334 e. The summed E-state index contributed by atoms with van der Waals surface area (Å²) >= 11 is 0. The number of aryl methyl sites for hydroxylation is 1. The monoisotopic (exact) mass is 264 g/mol. The number of nitrogens with one attached hydrogen (secondary N) is 2. The van der Waals surface area contributed by atoms with Gasteiger partial charge in [0.15, 0.2) is 5.82 Å². The van der Waals surface area contributed by atoms with E-state index in [0.29, 0.717) is 11.4 Å². The predicted molar refractivity (Wildman–Crippen MR) is 67.6 cm³/mol. The van der Waals surface area contributed by atoms with Crippen molar-refractivity contribution in [3.63, 3.8) is 0 Å². The molecule has 0 aliphatic rings. The van der Waals surface area contributed by atoms with Crippen molar-refractivity contribution >= 4 is 5.91 Å². The normalized spacial score (nSPS) is 10.7. The van der Waals surface area contributed by atoms with Gasteiger partial charge in [-0.05, 0) is 13.8 Å². The summed E-state index contributed by atoms with van der Waals surface area (Å²) in [5, 5.41) is 10.2. The number of aromatic amines is 2. The molecule has 0 aromatic carbocycles. The van der Waals surface area contributed by atoms with Crippen LogP contribution in [0.5, 0.6) is 0 Å². The second-order valence-corrected chi connectivity index (χ2v) is 4.25. The Morgan fingerprint density at radius 2 is 2.26 bits per heavy atom. The second kappa shape index (κ2) is 5.09. The van der Waals surface area contributed by atoms with Crippen LogP contribution in [0.2, 0.25) is 0 Å². The third-order valence-electron chi connectivity index (χ3n) is 2.92. The van der Waals surface area contributed by atoms with Crippen LogP contribution in [-0.4, -0.2) is 42.8 Å². The third-order valence-corrected chi connectivity index (χ3v) is 2.92. The number of hydrogen-bond acceptors (Lipinski definition) is 4. The molecule has 2 aromatic rings. The van der Waals surface area contributed by atoms with E-state index in [1.807, 2.05) is 13.8 Å². The maximum atomic E-state index is 12.2. The van der Waals surface area contributed by atoms with Gasteiger partial charge in [-0.3, -0.25) is 14.5 Å². The lowest BCUT2D eigenvalue weighted by molar-refractivity contribution is 0.0781. The molecule has 2 aromatic heterocycles. The van der Waals surface area contributed by atoms with Crippen molar-refractivity contribution < 1.29 is 4.79 Å². The van der Waals surface area contributed by atoms with Gasteiger partial charge in [-0.1, -0.05) is 0 Å². The number of carbonyl (C=O) groups is 1. The van der Waals surface area contributed by atoms with E-state index >= 15 is 0 Å². The van der Waals surface area contributed by atoms with E-state index in [4.69, 9.17) is 0 Å². The molecule has 0 spiro atoms. The molecule has 2 rings (SSSR count). The molecule has 0 aliphatic carbocycles. The van der Waals surface area contributed by atoms with Gasteiger partial charge < -0.3 is 4.90 Å². The fourth-order valence-electron chi connectivity index (χ4n) is 1.86. The van der Waals surface area contributed by atoms with Gasteiger partial charge in [0.1, 0.15) is 0 Å². The highest BCUT2D eigenvalue weighted by atomic mass is 16.2. The summed E-state index contributed by atoms with van der Waals surface area (Å²) in [5.74, 6) is 0.266. The van der Waals surface area contributed by atoms with Crippen molar-refractivity contribution in [1.29, 1.82) is 0 Å². The molecular weight excluding hydrogens is 248 g/mol. The molecule has 2 N–H and O–H groups in total. The van der Waals surface area contributed by atoms with Gasteiger partial charge in [-0.2, -0.15) is 10.2 Å². The molecule has 8 heteroatoms. The summed E-state index contributed by atoms with van der Waals surface area (Å²) in [6.07, 6.45) is 1.56. The quantitative estimate of drug-likeness (QED) is 0.805. The summed E-state index contributed by atoms with van der Waals surface area (Å²) < 4.78 is 1.76. The summed E-state index contributed by atoms with van der Waals surface area (Å²) in [4.78, 5) is 27.2. The fourth-order valence-corrected chi connectivity index (χ4v) is 1.86. The predicted octanol–water partition coefficient (Wildman–Crippen LogP) is -0.105. The average molecular weight is 264 g/mol. The molecule has 0 bridgehead atoms. The molecule has 0 fully saturated rings. The molecule has 19 heavy (non-hydrogen) atoms. The van der Waals surface area contributed by atoms with Crippen LogP contribution in [0.1, 0.15) is 28.8 Å². The SMILES string of the molecule is CCn1ncc(C(=O)N(C)Cc2n[nH]c(=O)[nH]2)c1C. The van der Waals surface area contributed by atoms with Crippen molar-refractivity contribution in [2.24, 2.45) is 0 Å². The Balaban J connectivity index is 2.14. The van der Waals surface area contributed by atoms with Crippen LogP contribution in [0, 0.1) is 6.92 Å². The Kier molecular flexibility index (Phi) is 3.50. The van der Waals surface area contributed by atoms with Crippen molar-refractivity contribution in [3.8, 4) is 0 Å². The van der Waals surface area contributed by atoms with Crippen molar-refractivity contribution in [1.82, 2.24) is 29.9 Å². The number of carbonyl (C=O) groups excluding carboxylic acids is 1. The molecule has 8 nitrogen and oxygen atoms in total. The Morgan fingerprint density at radius 1 is 1.53 bits per heavy atom. The van der Waals surface area contributed by atoms with E-state index in [2.05, 4.69) is 20.3 Å². The standard InChI is InChI=1S/C11H16N6O2/c1-4-17-7(2)8(5-12-17)10(18)16(3)6-9-13-11(19)15-14-9/h5H,4,6H2,1-3H3,(H2,13,14,15,19). The van der Waals surface area contributed by atoms with Crippen molar-refractivity contribution in [3.05, 3.63) is 33.8 Å². The lowest BCUT2D eigenvalue weighted by Gasteiger charge is -2.15. The molecule has 0 saturated heterocycles. The van der Waals surface area contributed by atoms with Crippen LogP contribution >= 0.6 is 0 Å². The van der Waals surface area contributed by atoms with Crippen molar-refractivity contribution in [2.45, 2.75) is 26.9 Å². The van der Waals surface area contributed by atoms with E-state index in [1.54, 1.807) is 17.9 Å². The Hall–Kier alpha value is -2.38. The van der Waals surface area contributed by atoms with Gasteiger partial charge in [0.2, 0.25) is 0 Å². The summed E-state index contributed by atoms with van der Waals surface area (Å²) in [7, 11) is 1.65. The number of rotatable bonds is 4. The van der Waals surface area contributed by atoms with E-state index in [0.717, 1.165) is 12.2 Å². The topological polar surface area (TPSA) is 99.7 Å². The molecule has 102 valence electrons. The van der Waals surface area contributed by atoms with E-state index in [1.165, 1.54) is 4.90 Å². The zero-order chi connectivity index (χ0) is 14.0. The molecule has 1 amide bonds. The lowest BCUT2D eigenvalue weighted by atomic mass is 10.2. The maximum absolute atomic E-state index is 12.2. The molecule has 2 heterocycles. The summed E-state index contributed by atoms with van der Waals surface area (Å²) in [5.41, 5.74) is 1.00. The van der Waals surface area contributed by atoms with Crippen LogP contribution in [0.25, 0.3) is 0 Å². The van der Waals surface area contributed by atoms with Crippen molar-refractivity contribution in [2.75, 3.05) is 7.05 Å². The average Bonchev–Trinajstić information content (AvgIpc) is 2.94. The number of H-pyrrole nitrogens is 2. The minimum absolute atomic E-state index is 0.152. The molecule has 0 radical (unpaired) electrons. The maximum Gasteiger partial charge on any atom is 0.340 e. The van der Waals surface area contributed by atoms with Crippen LogP contribution in [0.15, 0.2) is 11.0 Å². The van der Waals surface area contributed by atoms with Gasteiger partial charge in [-0.15, -0.1) is 0 Å². The second-order valence-electron chi connectivity index (χ2n) is 4.25. The lowest BCUT2D eigenvalue weighted by Crippen LogP contribution is -2.27. The van der Waals surface area contributed by atoms with Gasteiger partial charge in [-0.25, -0.2) is 9.89 Å². The van der Waals surface area contributed by atoms with Gasteiger partial charge in [0.25, 0.3) is 5.91 Å². The number of aromatic nitrogens is 5. The van der Waals surface area contributed by atoms with Crippen LogP contribution in [0.3, 0.4) is 0 Å². The fraction of sp³-hybridized carbons (Fsp3) is 0.455. The first kappa shape index (κ1) is 13.1. The number of nitrogens with zero attached hydrogens (tertiary/aromatic N) is 4. The first-order valence-electron chi connectivity index (χ1n) is 5.94. The molecule has 0 aliphatic heterocycles. The highest BCUT2D eigenvalue weighted by Crippen LogP contribution is 2.10. The minimum atomic E-state index is -0.383. The van der Waals surface area contributed by atoms with Crippen LogP contribution in [0.4, 0.5) is 0 Å². The highest BCUT2D eigenvalue weighted by Gasteiger charge is 2.18. The Bertz CT molecular complexity index is 638. The number of hydrogen-bond donors (Lipinski definition) is 2. The Labute approximate surface area is 109 Å². The van der Waals surface area contributed by atoms with Crippen LogP contribution in [-0.2, 0) is 13.1 Å². The third kappa shape index (κ3) is 2.56. The molecule has 0 atom stereocenters. The summed E-state index contributed by atoms with van der Waals surface area (Å²) in [6.45, 7) is 4.77. The van der Waals surface area contributed by atoms with Crippen LogP contribution < -0.4 is 5.69 Å². The highest BCUT2D eigenvalue weighted by molar-refractivity contribution is 5.94. The first-order chi connectivity index (χ1) is 9.02. The van der Waals surface area contributed by atoms with E-state index < -0.39 is 0 Å². The van der Waals surface area contributed by atoms with E-state index in [9.17, 15) is 9.59 Å². The zero-order valence-corrected chi connectivity index (χ0v) is 11.1. The first-order valence-corrected chi connectivity index (χ1v) is 5.94. The van der Waals surface area contributed by atoms with Gasteiger partial charge in [0.05, 0.1) is 18.3 Å². The Morgan fingerprint density at radius 3 is 2.79 bits per heavy atom. The molecule has 0 saturated carbocycles. The largest absolute Gasteiger partial charge is 0.340 e. The van der Waals surface area contributed by atoms with E-state index in [-0.39, 0.29) is 18.1 Å². The van der Waals surface area contributed by atoms with Gasteiger partial charge >= 0.3 is 5.69 Å². The number of amides is 1. The van der Waals surface area contributed by atoms with Gasteiger partial charge in [0, 0.05) is 19.3 Å². The summed E-state index contributed by atoms with van der Waals surface area (Å²) in [6, 6.07) is 0. The molecular formula is C11H16N6O2.